The fourth-order valence-electron chi connectivity index (χ4n) is 6.47. The lowest BCUT2D eigenvalue weighted by molar-refractivity contribution is -0.148. The molecular formula is C28H34N2O9. The van der Waals surface area contributed by atoms with Gasteiger partial charge in [-0.05, 0) is 78.2 Å². The number of nitrogens with zero attached hydrogens (tertiary/aromatic N) is 1. The average Bonchev–Trinajstić information content (AvgIpc) is 3.02. The van der Waals surface area contributed by atoms with Crippen molar-refractivity contribution in [3.63, 3.8) is 0 Å². The van der Waals surface area contributed by atoms with E-state index in [2.05, 4.69) is 0 Å². The number of aliphatic hydroxyl groups is 3. The number of hydrogen-bond donors (Lipinski definition) is 5. The second-order valence-corrected chi connectivity index (χ2v) is 12.1. The van der Waals surface area contributed by atoms with Crippen molar-refractivity contribution in [2.24, 2.45) is 17.6 Å². The van der Waals surface area contributed by atoms with Gasteiger partial charge in [-0.3, -0.25) is 19.3 Å². The Morgan fingerprint density at radius 3 is 2.18 bits per heavy atom. The second kappa shape index (κ2) is 8.37. The number of amides is 1. The molecule has 0 bridgehead atoms. The van der Waals surface area contributed by atoms with E-state index in [4.69, 9.17) is 15.2 Å². The van der Waals surface area contributed by atoms with Crippen LogP contribution in [0, 0.1) is 11.8 Å². The quantitative estimate of drug-likeness (QED) is 0.353. The molecule has 3 aliphatic carbocycles. The van der Waals surface area contributed by atoms with E-state index in [1.54, 1.807) is 20.2 Å². The maximum atomic E-state index is 13.9. The number of aliphatic hydroxyl groups excluding tert-OH is 2. The predicted molar refractivity (Wildman–Crippen MR) is 137 cm³/mol. The average molecular weight is 543 g/mol. The Kier molecular flexibility index (Phi) is 5.87. The molecule has 11 nitrogen and oxygen atoms in total. The molecule has 6 N–H and O–H groups in total. The SMILES string of the molecule is CN(C)[C@@H]1C(O)=C(C(N)=O)C(=O)[C@@]2(O)C(O)=C3C(=O)c4c(O)ccc(C5OC(C)(C)C(C)(C)O5)c4C[C@H]3C[C@@H]12. The normalized spacial score (nSPS) is 31.8. The Labute approximate surface area is 225 Å². The molecule has 4 atom stereocenters. The van der Waals surface area contributed by atoms with Gasteiger partial charge in [-0.1, -0.05) is 0 Å². The van der Waals surface area contributed by atoms with Crippen molar-refractivity contribution < 1.29 is 44.3 Å². The summed E-state index contributed by atoms with van der Waals surface area (Å²) in [7, 11) is 3.17. The lowest BCUT2D eigenvalue weighted by atomic mass is 9.58. The van der Waals surface area contributed by atoms with Gasteiger partial charge in [0.2, 0.25) is 5.78 Å². The van der Waals surface area contributed by atoms with Crippen LogP contribution in [0.4, 0.5) is 0 Å². The van der Waals surface area contributed by atoms with Crippen LogP contribution in [0.2, 0.25) is 0 Å². The van der Waals surface area contributed by atoms with E-state index in [0.717, 1.165) is 0 Å². The van der Waals surface area contributed by atoms with Gasteiger partial charge in [0.25, 0.3) is 5.91 Å². The van der Waals surface area contributed by atoms with Crippen molar-refractivity contribution in [2.45, 2.75) is 69.7 Å². The van der Waals surface area contributed by atoms with Gasteiger partial charge >= 0.3 is 0 Å². The van der Waals surface area contributed by atoms with Gasteiger partial charge < -0.3 is 35.6 Å². The highest BCUT2D eigenvalue weighted by Crippen LogP contribution is 2.54. The molecule has 0 aromatic heterocycles. The monoisotopic (exact) mass is 542 g/mol. The largest absolute Gasteiger partial charge is 0.510 e. The maximum absolute atomic E-state index is 13.9. The van der Waals surface area contributed by atoms with E-state index in [1.165, 1.54) is 11.0 Å². The molecule has 1 fully saturated rings. The minimum Gasteiger partial charge on any atom is -0.510 e. The predicted octanol–water partition coefficient (Wildman–Crippen LogP) is 1.72. The zero-order valence-corrected chi connectivity index (χ0v) is 22.7. The minimum atomic E-state index is -2.68. The third-order valence-corrected chi connectivity index (χ3v) is 9.15. The number of benzene rings is 1. The molecule has 0 unspecified atom stereocenters. The van der Waals surface area contributed by atoms with Gasteiger partial charge in [-0.2, -0.15) is 0 Å². The Balaban J connectivity index is 1.68. The first-order valence-corrected chi connectivity index (χ1v) is 12.8. The van der Waals surface area contributed by atoms with Crippen molar-refractivity contribution in [1.29, 1.82) is 0 Å². The molecule has 1 heterocycles. The zero-order valence-electron chi connectivity index (χ0n) is 22.7. The Morgan fingerprint density at radius 2 is 1.64 bits per heavy atom. The number of ether oxygens (including phenoxy) is 2. The number of allylic oxidation sites excluding steroid dienone is 1. The van der Waals surface area contributed by atoms with Crippen LogP contribution in [0.3, 0.4) is 0 Å². The molecule has 0 radical (unpaired) electrons. The van der Waals surface area contributed by atoms with Crippen LogP contribution in [-0.2, 0) is 25.5 Å². The van der Waals surface area contributed by atoms with Crippen LogP contribution >= 0.6 is 0 Å². The summed E-state index contributed by atoms with van der Waals surface area (Å²) in [6.45, 7) is 7.59. The fourth-order valence-corrected chi connectivity index (χ4v) is 6.47. The van der Waals surface area contributed by atoms with Crippen LogP contribution in [0.5, 0.6) is 5.75 Å². The summed E-state index contributed by atoms with van der Waals surface area (Å²) in [5.41, 5.74) is 1.27. The number of Topliss-reactive ketones (excluding diaryl/α,β-unsaturated/α-hetero) is 2. The van der Waals surface area contributed by atoms with Gasteiger partial charge in [-0.25, -0.2) is 0 Å². The Hall–Kier alpha value is -3.25. The molecular weight excluding hydrogens is 508 g/mol. The fraction of sp³-hybridized carbons (Fsp3) is 0.536. The molecule has 1 amide bonds. The van der Waals surface area contributed by atoms with E-state index in [9.17, 15) is 34.8 Å². The first-order valence-electron chi connectivity index (χ1n) is 12.8. The summed E-state index contributed by atoms with van der Waals surface area (Å²) in [5, 5.41) is 44.7. The van der Waals surface area contributed by atoms with E-state index in [-0.39, 0.29) is 29.7 Å². The standard InChI is InChI=1S/C28H34N2O9/c1-26(2)27(3,4)39-25(38-26)12-7-8-15(31)17-13(12)9-11-10-14-19(30(5)6)21(33)18(24(29)36)23(35)28(14,37)22(34)16(11)20(17)32/h7-8,11,14,19,25,31,33-34,37H,9-10H2,1-6H3,(H2,29,36)/t11-,14-,19-,28-/m0/s1. The Morgan fingerprint density at radius 1 is 1.05 bits per heavy atom. The number of hydrogen-bond acceptors (Lipinski definition) is 10. The smallest absolute Gasteiger partial charge is 0.255 e. The van der Waals surface area contributed by atoms with Crippen molar-refractivity contribution in [1.82, 2.24) is 4.90 Å². The number of fused-ring (bicyclic) bond motifs is 3. The van der Waals surface area contributed by atoms with Crippen molar-refractivity contribution in [2.75, 3.05) is 14.1 Å². The van der Waals surface area contributed by atoms with Crippen molar-refractivity contribution >= 4 is 17.5 Å². The van der Waals surface area contributed by atoms with Gasteiger partial charge in [-0.15, -0.1) is 0 Å². The highest BCUT2D eigenvalue weighted by Gasteiger charge is 2.63. The lowest BCUT2D eigenvalue weighted by Gasteiger charge is -2.50. The first-order chi connectivity index (χ1) is 18.0. The van der Waals surface area contributed by atoms with E-state index in [1.807, 2.05) is 27.7 Å². The molecule has 39 heavy (non-hydrogen) atoms. The summed E-state index contributed by atoms with van der Waals surface area (Å²) in [4.78, 5) is 40.9. The number of phenols is 1. The van der Waals surface area contributed by atoms with E-state index < -0.39 is 75.5 Å². The highest BCUT2D eigenvalue weighted by molar-refractivity contribution is 6.24. The van der Waals surface area contributed by atoms with E-state index in [0.29, 0.717) is 11.1 Å². The van der Waals surface area contributed by atoms with Gasteiger partial charge in [0.15, 0.2) is 17.7 Å². The number of carbonyl (C=O) groups excluding carboxylic acids is 3. The number of likely N-dealkylation sites (N-methyl/N-ethyl adjacent to an activating group) is 1. The topological polar surface area (TPSA) is 180 Å². The molecule has 210 valence electrons. The number of nitrogens with two attached hydrogens (primary N) is 1. The lowest BCUT2D eigenvalue weighted by Crippen LogP contribution is -2.63. The summed E-state index contributed by atoms with van der Waals surface area (Å²) in [6.07, 6.45) is -0.667. The summed E-state index contributed by atoms with van der Waals surface area (Å²) in [5.74, 6) is -6.91. The van der Waals surface area contributed by atoms with Crippen molar-refractivity contribution in [3.05, 3.63) is 51.5 Å². The number of rotatable bonds is 3. The number of carbonyl (C=O) groups is 3. The molecule has 1 aromatic carbocycles. The molecule has 1 aromatic rings. The van der Waals surface area contributed by atoms with Crippen LogP contribution in [0.1, 0.15) is 61.9 Å². The first kappa shape index (κ1) is 27.3. The number of aromatic hydroxyl groups is 1. The summed E-state index contributed by atoms with van der Waals surface area (Å²) < 4.78 is 12.4. The van der Waals surface area contributed by atoms with Crippen molar-refractivity contribution in [3.8, 4) is 5.75 Å². The number of phenolic OH excluding ortho intramolecular Hbond substituents is 1. The summed E-state index contributed by atoms with van der Waals surface area (Å²) >= 11 is 0. The number of primary amides is 1. The minimum absolute atomic E-state index is 0.00419. The van der Waals surface area contributed by atoms with Gasteiger partial charge in [0.1, 0.15) is 22.8 Å². The molecule has 4 aliphatic rings. The highest BCUT2D eigenvalue weighted by atomic mass is 16.7. The number of ketones is 2. The van der Waals surface area contributed by atoms with Crippen LogP contribution in [0.15, 0.2) is 34.8 Å². The zero-order chi connectivity index (χ0) is 29.0. The molecule has 0 spiro atoms. The molecule has 5 rings (SSSR count). The third-order valence-electron chi connectivity index (χ3n) is 9.15. The van der Waals surface area contributed by atoms with Crippen LogP contribution < -0.4 is 5.73 Å². The maximum Gasteiger partial charge on any atom is 0.255 e. The molecule has 0 saturated carbocycles. The second-order valence-electron chi connectivity index (χ2n) is 12.1. The van der Waals surface area contributed by atoms with Crippen LogP contribution in [0.25, 0.3) is 0 Å². The molecule has 11 heteroatoms. The molecule has 1 saturated heterocycles. The van der Waals surface area contributed by atoms with Gasteiger partial charge in [0.05, 0.1) is 22.8 Å². The third kappa shape index (κ3) is 3.53. The Bertz CT molecular complexity index is 1370. The summed E-state index contributed by atoms with van der Waals surface area (Å²) in [6, 6.07) is 1.93. The molecule has 1 aliphatic heterocycles. The van der Waals surface area contributed by atoms with Crippen LogP contribution in [-0.4, -0.2) is 79.7 Å². The van der Waals surface area contributed by atoms with Gasteiger partial charge in [0, 0.05) is 17.1 Å². The van der Waals surface area contributed by atoms with E-state index >= 15 is 0 Å².